The number of likely N-dealkylation sites (tertiary alicyclic amines) is 1. The third-order valence-electron chi connectivity index (χ3n) is 3.31. The summed E-state index contributed by atoms with van der Waals surface area (Å²) in [6.45, 7) is 5.06. The molecule has 0 bridgehead atoms. The minimum atomic E-state index is -0.0455. The lowest BCUT2D eigenvalue weighted by Crippen LogP contribution is -2.42. The van der Waals surface area contributed by atoms with E-state index in [-0.39, 0.29) is 11.4 Å². The quantitative estimate of drug-likeness (QED) is 0.763. The van der Waals surface area contributed by atoms with Gasteiger partial charge in [-0.1, -0.05) is 11.6 Å². The van der Waals surface area contributed by atoms with Gasteiger partial charge in [-0.15, -0.1) is 0 Å². The van der Waals surface area contributed by atoms with Crippen LogP contribution in [0.3, 0.4) is 0 Å². The van der Waals surface area contributed by atoms with Crippen molar-refractivity contribution < 1.29 is 4.79 Å². The van der Waals surface area contributed by atoms with Crippen LogP contribution >= 0.6 is 27.5 Å². The van der Waals surface area contributed by atoms with Gasteiger partial charge in [0.15, 0.2) is 0 Å². The van der Waals surface area contributed by atoms with Crippen molar-refractivity contribution in [3.63, 3.8) is 0 Å². The van der Waals surface area contributed by atoms with Crippen molar-refractivity contribution in [2.75, 3.05) is 6.54 Å². The Hall–Kier alpha value is -0.540. The van der Waals surface area contributed by atoms with Crippen LogP contribution in [0.15, 0.2) is 22.7 Å². The highest BCUT2D eigenvalue weighted by molar-refractivity contribution is 9.10. The van der Waals surface area contributed by atoms with Gasteiger partial charge in [-0.3, -0.25) is 4.79 Å². The summed E-state index contributed by atoms with van der Waals surface area (Å²) in [7, 11) is 0. The van der Waals surface area contributed by atoms with Gasteiger partial charge in [0.05, 0.1) is 5.56 Å². The van der Waals surface area contributed by atoms with Crippen LogP contribution in [-0.2, 0) is 0 Å². The topological polar surface area (TPSA) is 20.3 Å². The van der Waals surface area contributed by atoms with Crippen LogP contribution < -0.4 is 0 Å². The van der Waals surface area contributed by atoms with Crippen LogP contribution in [0.2, 0.25) is 5.02 Å². The fourth-order valence-electron chi connectivity index (χ4n) is 2.29. The molecule has 2 nitrogen and oxygen atoms in total. The van der Waals surface area contributed by atoms with E-state index in [1.54, 1.807) is 18.2 Å². The number of nitrogens with zero attached hydrogens (tertiary/aromatic N) is 1. The Labute approximate surface area is 115 Å². The first-order chi connectivity index (χ1) is 7.92. The highest BCUT2D eigenvalue weighted by Gasteiger charge is 2.36. The zero-order valence-electron chi connectivity index (χ0n) is 9.96. The molecular weight excluding hydrogens is 302 g/mol. The largest absolute Gasteiger partial charge is 0.333 e. The first-order valence-corrected chi connectivity index (χ1v) is 6.86. The number of halogens is 2. The third kappa shape index (κ3) is 2.50. The third-order valence-corrected chi connectivity index (χ3v) is 4.20. The van der Waals surface area contributed by atoms with Gasteiger partial charge in [0.25, 0.3) is 5.91 Å². The Balaban J connectivity index is 2.31. The number of rotatable bonds is 1. The van der Waals surface area contributed by atoms with Crippen LogP contribution in [-0.4, -0.2) is 22.9 Å². The summed E-state index contributed by atoms with van der Waals surface area (Å²) in [4.78, 5) is 14.4. The Morgan fingerprint density at radius 1 is 1.47 bits per heavy atom. The second kappa shape index (κ2) is 4.62. The normalized spacial score (nSPS) is 18.5. The van der Waals surface area contributed by atoms with E-state index in [4.69, 9.17) is 11.6 Å². The number of amides is 1. The van der Waals surface area contributed by atoms with Gasteiger partial charge in [-0.05, 0) is 60.8 Å². The summed E-state index contributed by atoms with van der Waals surface area (Å²) >= 11 is 9.28. The molecule has 0 atom stereocenters. The maximum absolute atomic E-state index is 12.4. The van der Waals surface area contributed by atoms with Gasteiger partial charge in [-0.25, -0.2) is 0 Å². The van der Waals surface area contributed by atoms with E-state index >= 15 is 0 Å². The van der Waals surface area contributed by atoms with Gasteiger partial charge in [-0.2, -0.15) is 0 Å². The van der Waals surface area contributed by atoms with Gasteiger partial charge in [0.2, 0.25) is 0 Å². The van der Waals surface area contributed by atoms with E-state index in [9.17, 15) is 4.79 Å². The molecule has 0 spiro atoms. The molecule has 17 heavy (non-hydrogen) atoms. The minimum absolute atomic E-state index is 0.0455. The molecule has 1 aliphatic rings. The van der Waals surface area contributed by atoms with Gasteiger partial charge in [0.1, 0.15) is 0 Å². The lowest BCUT2D eigenvalue weighted by Gasteiger charge is -2.32. The molecule has 4 heteroatoms. The van der Waals surface area contributed by atoms with E-state index in [2.05, 4.69) is 29.8 Å². The molecule has 1 heterocycles. The Morgan fingerprint density at radius 3 is 2.71 bits per heavy atom. The predicted molar refractivity (Wildman–Crippen MR) is 73.5 cm³/mol. The second-order valence-electron chi connectivity index (χ2n) is 5.00. The van der Waals surface area contributed by atoms with E-state index in [1.807, 2.05) is 4.90 Å². The smallest absolute Gasteiger partial charge is 0.255 e. The summed E-state index contributed by atoms with van der Waals surface area (Å²) in [6, 6.07) is 5.30. The summed E-state index contributed by atoms with van der Waals surface area (Å²) in [5.41, 5.74) is 0.639. The Bertz CT molecular complexity index is 459. The van der Waals surface area contributed by atoms with E-state index in [0.717, 1.165) is 23.9 Å². The number of hydrogen-bond donors (Lipinski definition) is 0. The fraction of sp³-hybridized carbons (Fsp3) is 0.462. The lowest BCUT2D eigenvalue weighted by atomic mass is 10.0. The summed E-state index contributed by atoms with van der Waals surface area (Å²) < 4.78 is 0.762. The van der Waals surface area contributed by atoms with Crippen LogP contribution in [0.4, 0.5) is 0 Å². The van der Waals surface area contributed by atoms with Crippen molar-refractivity contribution in [2.45, 2.75) is 32.2 Å². The number of carbonyl (C=O) groups is 1. The zero-order valence-corrected chi connectivity index (χ0v) is 12.3. The molecule has 1 saturated heterocycles. The minimum Gasteiger partial charge on any atom is -0.333 e. The molecule has 1 aliphatic heterocycles. The Kier molecular flexibility index (Phi) is 3.50. The predicted octanol–water partition coefficient (Wildman–Crippen LogP) is 4.12. The molecule has 0 aromatic heterocycles. The summed E-state index contributed by atoms with van der Waals surface area (Å²) in [5.74, 6) is 0.0797. The number of carbonyl (C=O) groups excluding carboxylic acids is 1. The molecule has 0 aliphatic carbocycles. The SMILES string of the molecule is CC1(C)CCCN1C(=O)c1ccc(Cl)cc1Br. The van der Waals surface area contributed by atoms with Crippen molar-refractivity contribution >= 4 is 33.4 Å². The van der Waals surface area contributed by atoms with Gasteiger partial charge >= 0.3 is 0 Å². The van der Waals surface area contributed by atoms with Crippen LogP contribution in [0, 0.1) is 0 Å². The van der Waals surface area contributed by atoms with Gasteiger partial charge < -0.3 is 4.90 Å². The Morgan fingerprint density at radius 2 is 2.18 bits per heavy atom. The molecule has 0 radical (unpaired) electrons. The maximum Gasteiger partial charge on any atom is 0.255 e. The average molecular weight is 317 g/mol. The standard InChI is InChI=1S/C13H15BrClNO/c1-13(2)6-3-7-16(13)12(17)10-5-4-9(15)8-11(10)14/h4-5,8H,3,6-7H2,1-2H3. The molecule has 0 unspecified atom stereocenters. The molecular formula is C13H15BrClNO. The molecule has 0 saturated carbocycles. The lowest BCUT2D eigenvalue weighted by molar-refractivity contribution is 0.0651. The van der Waals surface area contributed by atoms with E-state index < -0.39 is 0 Å². The number of benzene rings is 1. The average Bonchev–Trinajstić information content (AvgIpc) is 2.57. The van der Waals surface area contributed by atoms with Crippen molar-refractivity contribution in [2.24, 2.45) is 0 Å². The van der Waals surface area contributed by atoms with Gasteiger partial charge in [0, 0.05) is 21.6 Å². The van der Waals surface area contributed by atoms with Crippen LogP contribution in [0.25, 0.3) is 0 Å². The highest BCUT2D eigenvalue weighted by atomic mass is 79.9. The second-order valence-corrected chi connectivity index (χ2v) is 6.29. The molecule has 1 aromatic rings. The summed E-state index contributed by atoms with van der Waals surface area (Å²) in [6.07, 6.45) is 2.13. The first-order valence-electron chi connectivity index (χ1n) is 5.69. The van der Waals surface area contributed by atoms with Crippen LogP contribution in [0.5, 0.6) is 0 Å². The zero-order chi connectivity index (χ0) is 12.6. The number of hydrogen-bond acceptors (Lipinski definition) is 1. The van der Waals surface area contributed by atoms with E-state index in [1.165, 1.54) is 0 Å². The van der Waals surface area contributed by atoms with Crippen molar-refractivity contribution in [3.8, 4) is 0 Å². The highest BCUT2D eigenvalue weighted by Crippen LogP contribution is 2.31. The first kappa shape index (κ1) is 12.9. The van der Waals surface area contributed by atoms with Crippen molar-refractivity contribution in [3.05, 3.63) is 33.3 Å². The molecule has 1 fully saturated rings. The van der Waals surface area contributed by atoms with Crippen molar-refractivity contribution in [1.82, 2.24) is 4.90 Å². The fourth-order valence-corrected chi connectivity index (χ4v) is 3.14. The molecule has 0 N–H and O–H groups in total. The van der Waals surface area contributed by atoms with Crippen LogP contribution in [0.1, 0.15) is 37.0 Å². The molecule has 92 valence electrons. The molecule has 1 amide bonds. The summed E-state index contributed by atoms with van der Waals surface area (Å²) in [5, 5.41) is 0.633. The maximum atomic E-state index is 12.4. The molecule has 2 rings (SSSR count). The van der Waals surface area contributed by atoms with Crippen molar-refractivity contribution in [1.29, 1.82) is 0 Å². The van der Waals surface area contributed by atoms with E-state index in [0.29, 0.717) is 10.6 Å². The molecule has 1 aromatic carbocycles. The monoisotopic (exact) mass is 315 g/mol.